The van der Waals surface area contributed by atoms with E-state index in [1.807, 2.05) is 18.5 Å². The van der Waals surface area contributed by atoms with Crippen LogP contribution in [0.5, 0.6) is 0 Å². The van der Waals surface area contributed by atoms with Crippen LogP contribution in [0.2, 0.25) is 0 Å². The Balaban J connectivity index is 1.06. The molecule has 222 valence electrons. The Labute approximate surface area is 252 Å². The van der Waals surface area contributed by atoms with Gasteiger partial charge in [0.15, 0.2) is 5.13 Å². The topological polar surface area (TPSA) is 117 Å². The second-order valence-corrected chi connectivity index (χ2v) is 11.7. The number of thiazole rings is 1. The quantitative estimate of drug-likeness (QED) is 0.182. The van der Waals surface area contributed by atoms with E-state index in [2.05, 4.69) is 46.9 Å². The van der Waals surface area contributed by atoms with Crippen LogP contribution >= 0.6 is 22.7 Å². The molecule has 5 aromatic rings. The van der Waals surface area contributed by atoms with Crippen LogP contribution in [0.15, 0.2) is 61.3 Å². The van der Waals surface area contributed by atoms with Crippen LogP contribution in [0.4, 0.5) is 40.3 Å². The van der Waals surface area contributed by atoms with Crippen molar-refractivity contribution in [1.29, 1.82) is 0 Å². The molecule has 15 heteroatoms. The van der Waals surface area contributed by atoms with Crippen LogP contribution in [-0.2, 0) is 17.3 Å². The number of halogens is 3. The highest BCUT2D eigenvalue weighted by atomic mass is 32.1. The number of hydrogen-bond acceptors (Lipinski definition) is 10. The van der Waals surface area contributed by atoms with Crippen molar-refractivity contribution in [3.63, 3.8) is 0 Å². The summed E-state index contributed by atoms with van der Waals surface area (Å²) < 4.78 is 45.2. The van der Waals surface area contributed by atoms with Gasteiger partial charge in [-0.05, 0) is 30.3 Å². The van der Waals surface area contributed by atoms with Crippen LogP contribution < -0.4 is 20.9 Å². The monoisotopic (exact) mass is 626 g/mol. The summed E-state index contributed by atoms with van der Waals surface area (Å²) >= 11 is 2.88. The molecule has 43 heavy (non-hydrogen) atoms. The zero-order valence-electron chi connectivity index (χ0n) is 22.5. The van der Waals surface area contributed by atoms with Crippen LogP contribution in [0.25, 0.3) is 20.7 Å². The maximum Gasteiger partial charge on any atom is 0.416 e. The maximum atomic E-state index is 12.9. The number of rotatable bonds is 8. The molecule has 4 aromatic heterocycles. The van der Waals surface area contributed by atoms with E-state index in [1.54, 1.807) is 17.5 Å². The summed E-state index contributed by atoms with van der Waals surface area (Å²) in [4.78, 5) is 34.1. The van der Waals surface area contributed by atoms with Gasteiger partial charge in [0.25, 0.3) is 0 Å². The first kappa shape index (κ1) is 28.8. The molecular weight excluding hydrogens is 601 g/mol. The molecule has 0 radical (unpaired) electrons. The van der Waals surface area contributed by atoms with E-state index in [0.29, 0.717) is 31.3 Å². The van der Waals surface area contributed by atoms with E-state index in [9.17, 15) is 18.0 Å². The molecule has 0 bridgehead atoms. The number of anilines is 4. The maximum absolute atomic E-state index is 12.9. The van der Waals surface area contributed by atoms with E-state index in [-0.39, 0.29) is 5.69 Å². The third kappa shape index (κ3) is 7.01. The molecule has 3 N–H and O–H groups in total. The highest BCUT2D eigenvalue weighted by Crippen LogP contribution is 2.36. The summed E-state index contributed by atoms with van der Waals surface area (Å²) in [5, 5.41) is 8.68. The average molecular weight is 627 g/mol. The number of nitrogens with zero attached hydrogens (tertiary/aromatic N) is 5. The van der Waals surface area contributed by atoms with E-state index in [0.717, 1.165) is 62.3 Å². The largest absolute Gasteiger partial charge is 0.416 e. The Morgan fingerprint density at radius 3 is 2.70 bits per heavy atom. The Morgan fingerprint density at radius 2 is 1.86 bits per heavy atom. The Kier molecular flexibility index (Phi) is 8.35. The fraction of sp³-hybridized carbons (Fsp3) is 0.250. The van der Waals surface area contributed by atoms with E-state index >= 15 is 0 Å². The number of carbonyl (C=O) groups is 1. The highest BCUT2D eigenvalue weighted by molar-refractivity contribution is 7.22. The zero-order valence-corrected chi connectivity index (χ0v) is 24.2. The van der Waals surface area contributed by atoms with Crippen molar-refractivity contribution in [2.45, 2.75) is 12.6 Å². The number of thiophene rings is 1. The van der Waals surface area contributed by atoms with Crippen molar-refractivity contribution < 1.29 is 22.7 Å². The number of hydrogen-bond donors (Lipinski definition) is 3. The number of ether oxygens (including phenoxy) is 1. The number of amides is 2. The first-order chi connectivity index (χ1) is 20.8. The average Bonchev–Trinajstić information content (AvgIpc) is 3.65. The lowest BCUT2D eigenvalue weighted by Gasteiger charge is -2.28. The van der Waals surface area contributed by atoms with Gasteiger partial charge in [0, 0.05) is 59.5 Å². The normalized spacial score (nSPS) is 13.7. The summed E-state index contributed by atoms with van der Waals surface area (Å²) in [7, 11) is 0. The smallest absolute Gasteiger partial charge is 0.378 e. The lowest BCUT2D eigenvalue weighted by Crippen LogP contribution is -2.36. The number of pyridine rings is 1. The SMILES string of the molecule is O=C(Nc1cccc(C(F)(F)F)c1)Nc1ncc(CCNc2ncnc3cc(-c4cncc(N5CCOCC5)c4)sc23)s1. The summed E-state index contributed by atoms with van der Waals surface area (Å²) in [5.41, 5.74) is 2.10. The van der Waals surface area contributed by atoms with Gasteiger partial charge in [-0.25, -0.2) is 19.7 Å². The standard InChI is InChI=1S/C28H25F3N8O2S2/c29-28(30,31)18-2-1-3-19(11-18)37-26(40)38-27-34-15-21(42-27)4-5-33-25-24-22(35-16-36-25)12-23(43-24)17-10-20(14-32-13-17)39-6-8-41-9-7-39/h1-3,10-16H,4-9H2,(H,33,35,36)(H2,34,37,38,40). The number of benzene rings is 1. The molecule has 1 saturated heterocycles. The van der Waals surface area contributed by atoms with Crippen molar-refractivity contribution in [2.24, 2.45) is 0 Å². The second-order valence-electron chi connectivity index (χ2n) is 9.54. The molecule has 10 nitrogen and oxygen atoms in total. The summed E-state index contributed by atoms with van der Waals surface area (Å²) in [6, 6.07) is 7.93. The molecule has 0 aliphatic carbocycles. The van der Waals surface area contributed by atoms with Gasteiger partial charge in [-0.3, -0.25) is 10.3 Å². The number of alkyl halides is 3. The van der Waals surface area contributed by atoms with Gasteiger partial charge in [0.1, 0.15) is 12.1 Å². The fourth-order valence-corrected chi connectivity index (χ4v) is 6.36. The molecule has 1 aliphatic rings. The lowest BCUT2D eigenvalue weighted by molar-refractivity contribution is -0.137. The summed E-state index contributed by atoms with van der Waals surface area (Å²) in [6.45, 7) is 3.64. The lowest BCUT2D eigenvalue weighted by atomic mass is 10.2. The van der Waals surface area contributed by atoms with Crippen LogP contribution in [-0.4, -0.2) is 58.8 Å². The van der Waals surface area contributed by atoms with Gasteiger partial charge in [-0.15, -0.1) is 22.7 Å². The van der Waals surface area contributed by atoms with E-state index < -0.39 is 17.8 Å². The van der Waals surface area contributed by atoms with Crippen molar-refractivity contribution in [3.8, 4) is 10.4 Å². The number of urea groups is 1. The van der Waals surface area contributed by atoms with Gasteiger partial charge < -0.3 is 20.3 Å². The van der Waals surface area contributed by atoms with E-state index in [4.69, 9.17) is 4.74 Å². The van der Waals surface area contributed by atoms with Gasteiger partial charge in [0.05, 0.1) is 40.9 Å². The Morgan fingerprint density at radius 1 is 1.00 bits per heavy atom. The molecule has 1 aromatic carbocycles. The number of aromatic nitrogens is 4. The second kappa shape index (κ2) is 12.5. The van der Waals surface area contributed by atoms with E-state index in [1.165, 1.54) is 29.8 Å². The molecule has 1 aliphatic heterocycles. The molecule has 0 unspecified atom stereocenters. The molecular formula is C28H25F3N8O2S2. The van der Waals surface area contributed by atoms with Crippen LogP contribution in [0.3, 0.4) is 0 Å². The highest BCUT2D eigenvalue weighted by Gasteiger charge is 2.30. The minimum Gasteiger partial charge on any atom is -0.378 e. The first-order valence-corrected chi connectivity index (χ1v) is 14.9. The first-order valence-electron chi connectivity index (χ1n) is 13.3. The molecule has 6 rings (SSSR count). The summed E-state index contributed by atoms with van der Waals surface area (Å²) in [6.07, 6.45) is 3.02. The van der Waals surface area contributed by atoms with Crippen molar-refractivity contribution in [1.82, 2.24) is 19.9 Å². The minimum atomic E-state index is -4.50. The molecule has 2 amide bonds. The fourth-order valence-electron chi connectivity index (χ4n) is 4.50. The van der Waals surface area contributed by atoms with Gasteiger partial charge >= 0.3 is 12.2 Å². The van der Waals surface area contributed by atoms with Crippen LogP contribution in [0.1, 0.15) is 10.4 Å². The number of fused-ring (bicyclic) bond motifs is 1. The number of morpholine rings is 1. The van der Waals surface area contributed by atoms with Crippen molar-refractivity contribution >= 4 is 61.2 Å². The molecule has 1 fully saturated rings. The predicted octanol–water partition coefficient (Wildman–Crippen LogP) is 6.36. The molecule has 5 heterocycles. The van der Waals surface area contributed by atoms with Crippen molar-refractivity contribution in [2.75, 3.05) is 53.7 Å². The van der Waals surface area contributed by atoms with Gasteiger partial charge in [-0.2, -0.15) is 13.2 Å². The zero-order chi connectivity index (χ0) is 29.8. The van der Waals surface area contributed by atoms with Gasteiger partial charge in [-0.1, -0.05) is 6.07 Å². The third-order valence-corrected chi connectivity index (χ3v) is 8.73. The number of nitrogens with one attached hydrogen (secondary N) is 3. The summed E-state index contributed by atoms with van der Waals surface area (Å²) in [5.74, 6) is 0.724. The third-order valence-electron chi connectivity index (χ3n) is 6.58. The van der Waals surface area contributed by atoms with Crippen molar-refractivity contribution in [3.05, 3.63) is 71.8 Å². The molecule has 0 spiro atoms. The number of carbonyl (C=O) groups excluding carboxylic acids is 1. The molecule has 0 atom stereocenters. The Bertz CT molecular complexity index is 1740. The predicted molar refractivity (Wildman–Crippen MR) is 162 cm³/mol. The van der Waals surface area contributed by atoms with Gasteiger partial charge in [0.2, 0.25) is 0 Å². The van der Waals surface area contributed by atoms with Crippen LogP contribution in [0, 0.1) is 0 Å². The Hall–Kier alpha value is -4.34. The minimum absolute atomic E-state index is 0.0299. The molecule has 0 saturated carbocycles.